The zero-order chi connectivity index (χ0) is 11.4. The van der Waals surface area contributed by atoms with Gasteiger partial charge in [0.25, 0.3) is 0 Å². The molecule has 1 aromatic rings. The molecule has 1 atom stereocenters. The van der Waals surface area contributed by atoms with E-state index in [1.807, 2.05) is 6.07 Å². The van der Waals surface area contributed by atoms with Gasteiger partial charge in [-0.3, -0.25) is 4.79 Å². The molecule has 0 aliphatic heterocycles. The average Bonchev–Trinajstić information content (AvgIpc) is 2.23. The summed E-state index contributed by atoms with van der Waals surface area (Å²) in [7, 11) is 0. The van der Waals surface area contributed by atoms with Gasteiger partial charge in [0.1, 0.15) is 11.7 Å². The largest absolute Gasteiger partial charge is 0.293 e. The molecule has 1 rings (SSSR count). The third-order valence-electron chi connectivity index (χ3n) is 2.08. The van der Waals surface area contributed by atoms with Gasteiger partial charge in [-0.05, 0) is 40.5 Å². The van der Waals surface area contributed by atoms with Crippen LogP contribution < -0.4 is 0 Å². The summed E-state index contributed by atoms with van der Waals surface area (Å²) in [5, 5.41) is 8.73. The van der Waals surface area contributed by atoms with E-state index in [9.17, 15) is 9.18 Å². The topological polar surface area (TPSA) is 40.9 Å². The van der Waals surface area contributed by atoms with Crippen molar-refractivity contribution in [1.82, 2.24) is 0 Å². The number of hydrogen-bond donors (Lipinski definition) is 0. The minimum absolute atomic E-state index is 0.237. The van der Waals surface area contributed by atoms with Crippen molar-refractivity contribution in [2.45, 2.75) is 13.3 Å². The van der Waals surface area contributed by atoms with Crippen LogP contribution in [0.3, 0.4) is 0 Å². The van der Waals surface area contributed by atoms with Gasteiger partial charge in [0.05, 0.1) is 10.5 Å². The van der Waals surface area contributed by atoms with Crippen molar-refractivity contribution in [3.63, 3.8) is 0 Å². The minimum atomic E-state index is -0.651. The van der Waals surface area contributed by atoms with E-state index in [0.29, 0.717) is 12.0 Å². The lowest BCUT2D eigenvalue weighted by atomic mass is 9.97. The zero-order valence-corrected chi connectivity index (χ0v) is 9.71. The Balaban J connectivity index is 3.02. The third-order valence-corrected chi connectivity index (χ3v) is 2.69. The molecule has 0 fully saturated rings. The summed E-state index contributed by atoms with van der Waals surface area (Å²) < 4.78 is 13.1. The van der Waals surface area contributed by atoms with Crippen molar-refractivity contribution in [1.29, 1.82) is 5.26 Å². The van der Waals surface area contributed by atoms with Gasteiger partial charge in [0, 0.05) is 5.56 Å². The molecular formula is C11H9BrFNO. The maximum Gasteiger partial charge on any atom is 0.180 e. The van der Waals surface area contributed by atoms with Crippen molar-refractivity contribution in [2.24, 2.45) is 5.92 Å². The van der Waals surface area contributed by atoms with E-state index in [1.54, 1.807) is 6.92 Å². The van der Waals surface area contributed by atoms with E-state index < -0.39 is 11.7 Å². The Bertz CT molecular complexity index is 425. The summed E-state index contributed by atoms with van der Waals surface area (Å²) in [4.78, 5) is 11.7. The molecule has 0 aliphatic carbocycles. The molecule has 0 aliphatic rings. The maximum absolute atomic E-state index is 12.9. The van der Waals surface area contributed by atoms with Gasteiger partial charge in [-0.1, -0.05) is 6.92 Å². The summed E-state index contributed by atoms with van der Waals surface area (Å²) in [6.45, 7) is 1.77. The van der Waals surface area contributed by atoms with E-state index in [2.05, 4.69) is 15.9 Å². The number of carbonyl (C=O) groups is 1. The second kappa shape index (κ2) is 5.04. The Hall–Kier alpha value is -1.21. The van der Waals surface area contributed by atoms with Gasteiger partial charge in [0.2, 0.25) is 0 Å². The predicted molar refractivity (Wildman–Crippen MR) is 57.8 cm³/mol. The molecule has 1 unspecified atom stereocenters. The second-order valence-electron chi connectivity index (χ2n) is 3.08. The molecular weight excluding hydrogens is 261 g/mol. The van der Waals surface area contributed by atoms with E-state index >= 15 is 0 Å². The van der Waals surface area contributed by atoms with E-state index in [-0.39, 0.29) is 10.3 Å². The highest BCUT2D eigenvalue weighted by atomic mass is 79.9. The molecule has 0 aromatic heterocycles. The van der Waals surface area contributed by atoms with Crippen LogP contribution in [0.15, 0.2) is 22.7 Å². The standard InChI is InChI=1S/C11H9BrFNO/c1-2-7(6-14)11(15)8-3-4-10(13)9(12)5-8/h3-5,7H,2H2,1H3. The molecule has 4 heteroatoms. The molecule has 0 radical (unpaired) electrons. The number of benzene rings is 1. The number of halogens is 2. The van der Waals surface area contributed by atoms with E-state index in [0.717, 1.165) is 0 Å². The number of rotatable bonds is 3. The maximum atomic E-state index is 12.9. The highest BCUT2D eigenvalue weighted by Gasteiger charge is 2.18. The molecule has 78 valence electrons. The van der Waals surface area contributed by atoms with Gasteiger partial charge in [-0.2, -0.15) is 5.26 Å². The lowest BCUT2D eigenvalue weighted by molar-refractivity contribution is 0.0946. The van der Waals surface area contributed by atoms with Crippen LogP contribution in [0, 0.1) is 23.1 Å². The normalized spacial score (nSPS) is 11.9. The summed E-state index contributed by atoms with van der Waals surface area (Å²) in [5.41, 5.74) is 0.358. The molecule has 15 heavy (non-hydrogen) atoms. The first-order valence-electron chi connectivity index (χ1n) is 4.49. The first-order valence-corrected chi connectivity index (χ1v) is 5.28. The van der Waals surface area contributed by atoms with Crippen molar-refractivity contribution in [2.75, 3.05) is 0 Å². The lowest BCUT2D eigenvalue weighted by Gasteiger charge is -2.05. The molecule has 0 saturated carbocycles. The summed E-state index contributed by atoms with van der Waals surface area (Å²) in [6.07, 6.45) is 0.463. The molecule has 2 nitrogen and oxygen atoms in total. The monoisotopic (exact) mass is 269 g/mol. The first-order chi connectivity index (χ1) is 7.10. The molecule has 0 saturated heterocycles. The van der Waals surface area contributed by atoms with Gasteiger partial charge in [0.15, 0.2) is 5.78 Å². The van der Waals surface area contributed by atoms with Crippen molar-refractivity contribution < 1.29 is 9.18 Å². The molecule has 0 bridgehead atoms. The van der Waals surface area contributed by atoms with Crippen LogP contribution in [0.2, 0.25) is 0 Å². The van der Waals surface area contributed by atoms with Gasteiger partial charge in [-0.25, -0.2) is 4.39 Å². The second-order valence-corrected chi connectivity index (χ2v) is 3.94. The summed E-state index contributed by atoms with van der Waals surface area (Å²) in [6, 6.07) is 5.93. The fourth-order valence-corrected chi connectivity index (χ4v) is 1.56. The number of ketones is 1. The molecule has 1 aromatic carbocycles. The van der Waals surface area contributed by atoms with Gasteiger partial charge in [-0.15, -0.1) is 0 Å². The van der Waals surface area contributed by atoms with E-state index in [1.165, 1.54) is 18.2 Å². The average molecular weight is 270 g/mol. The van der Waals surface area contributed by atoms with Crippen LogP contribution in [0.4, 0.5) is 4.39 Å². The number of carbonyl (C=O) groups excluding carboxylic acids is 1. The number of hydrogen-bond acceptors (Lipinski definition) is 2. The molecule has 0 spiro atoms. The van der Waals surface area contributed by atoms with Crippen LogP contribution in [-0.4, -0.2) is 5.78 Å². The predicted octanol–water partition coefficient (Wildman–Crippen LogP) is 3.32. The Morgan fingerprint density at radius 2 is 2.33 bits per heavy atom. The Morgan fingerprint density at radius 3 is 2.80 bits per heavy atom. The molecule has 0 amide bonds. The zero-order valence-electron chi connectivity index (χ0n) is 8.13. The highest BCUT2D eigenvalue weighted by molar-refractivity contribution is 9.10. The SMILES string of the molecule is CCC(C#N)C(=O)c1ccc(F)c(Br)c1. The van der Waals surface area contributed by atoms with Crippen LogP contribution in [0.1, 0.15) is 23.7 Å². The van der Waals surface area contributed by atoms with Crippen molar-refractivity contribution in [3.05, 3.63) is 34.1 Å². The van der Waals surface area contributed by atoms with Crippen LogP contribution in [-0.2, 0) is 0 Å². The lowest BCUT2D eigenvalue weighted by Crippen LogP contribution is -2.11. The Morgan fingerprint density at radius 1 is 1.67 bits per heavy atom. The van der Waals surface area contributed by atoms with Crippen LogP contribution >= 0.6 is 15.9 Å². The molecule has 0 N–H and O–H groups in total. The van der Waals surface area contributed by atoms with Crippen LogP contribution in [0.25, 0.3) is 0 Å². The van der Waals surface area contributed by atoms with Crippen molar-refractivity contribution >= 4 is 21.7 Å². The Labute approximate surface area is 95.8 Å². The Kier molecular flexibility index (Phi) is 3.98. The summed E-state index contributed by atoms with van der Waals surface area (Å²) >= 11 is 3.00. The summed E-state index contributed by atoms with van der Waals surface area (Å²) in [5.74, 6) is -1.33. The van der Waals surface area contributed by atoms with Crippen LogP contribution in [0.5, 0.6) is 0 Å². The number of nitrogens with zero attached hydrogens (tertiary/aromatic N) is 1. The third kappa shape index (κ3) is 2.63. The van der Waals surface area contributed by atoms with E-state index in [4.69, 9.17) is 5.26 Å². The number of Topliss-reactive ketones (excluding diaryl/α,β-unsaturated/α-hetero) is 1. The molecule has 0 heterocycles. The van der Waals surface area contributed by atoms with Crippen molar-refractivity contribution in [3.8, 4) is 6.07 Å². The fraction of sp³-hybridized carbons (Fsp3) is 0.273. The number of nitriles is 1. The smallest absolute Gasteiger partial charge is 0.180 e. The fourth-order valence-electron chi connectivity index (χ4n) is 1.19. The van der Waals surface area contributed by atoms with Gasteiger partial charge < -0.3 is 0 Å². The first kappa shape index (κ1) is 11.9. The quantitative estimate of drug-likeness (QED) is 0.790. The highest BCUT2D eigenvalue weighted by Crippen LogP contribution is 2.19. The van der Waals surface area contributed by atoms with Gasteiger partial charge >= 0.3 is 0 Å². The minimum Gasteiger partial charge on any atom is -0.293 e.